The summed E-state index contributed by atoms with van der Waals surface area (Å²) in [6.07, 6.45) is 0. The van der Waals surface area contributed by atoms with Gasteiger partial charge in [-0.1, -0.05) is 0 Å². The number of nitrogens with zero attached hydrogens (tertiary/aromatic N) is 2. The lowest BCUT2D eigenvalue weighted by Gasteiger charge is -2.35. The van der Waals surface area contributed by atoms with Crippen LogP contribution in [0.15, 0.2) is 0 Å². The van der Waals surface area contributed by atoms with Gasteiger partial charge in [-0.2, -0.15) is 12.7 Å². The number of carbonyl (C=O) groups excluding carboxylic acids is 1. The summed E-state index contributed by atoms with van der Waals surface area (Å²) in [5.74, 6) is -0.222. The van der Waals surface area contributed by atoms with Crippen molar-refractivity contribution in [3.8, 4) is 0 Å². The predicted octanol–water partition coefficient (Wildman–Crippen LogP) is -1.65. The molecule has 0 aromatic rings. The van der Waals surface area contributed by atoms with Gasteiger partial charge in [0.15, 0.2) is 0 Å². The largest absolute Gasteiger partial charge is 0.343 e. The van der Waals surface area contributed by atoms with Crippen molar-refractivity contribution in [2.75, 3.05) is 20.1 Å². The SMILES string of the molecule is CC1C(=O)N(C)CCN1S(N)(=O)=O. The standard InChI is InChI=1S/C6H13N3O3S/c1-5-6(10)8(2)3-4-9(5)13(7,11)12/h5H,3-4H2,1-2H3,(H2,7,11,12). The third-order valence-corrected chi connectivity index (χ3v) is 3.30. The van der Waals surface area contributed by atoms with Crippen LogP contribution in [0.1, 0.15) is 6.92 Å². The highest BCUT2D eigenvalue weighted by atomic mass is 32.2. The molecule has 1 rings (SSSR count). The number of carbonyl (C=O) groups is 1. The van der Waals surface area contributed by atoms with Gasteiger partial charge in [-0.25, -0.2) is 5.14 Å². The fraction of sp³-hybridized carbons (Fsp3) is 0.833. The highest BCUT2D eigenvalue weighted by Gasteiger charge is 2.34. The molecule has 0 aromatic heterocycles. The Morgan fingerprint density at radius 1 is 1.46 bits per heavy atom. The Hall–Kier alpha value is -0.660. The maximum Gasteiger partial charge on any atom is 0.277 e. The van der Waals surface area contributed by atoms with Gasteiger partial charge in [0.25, 0.3) is 10.2 Å². The molecule has 1 amide bonds. The minimum atomic E-state index is -3.75. The third kappa shape index (κ3) is 1.98. The smallest absolute Gasteiger partial charge is 0.277 e. The van der Waals surface area contributed by atoms with Crippen molar-refractivity contribution < 1.29 is 13.2 Å². The van der Waals surface area contributed by atoms with Gasteiger partial charge in [0.1, 0.15) is 6.04 Å². The van der Waals surface area contributed by atoms with Crippen LogP contribution < -0.4 is 5.14 Å². The molecule has 1 unspecified atom stereocenters. The van der Waals surface area contributed by atoms with Gasteiger partial charge in [-0.05, 0) is 6.92 Å². The zero-order chi connectivity index (χ0) is 10.2. The predicted molar refractivity (Wildman–Crippen MR) is 46.9 cm³/mol. The summed E-state index contributed by atoms with van der Waals surface area (Å²) in [6, 6.07) is -0.686. The second kappa shape index (κ2) is 3.24. The molecule has 1 aliphatic rings. The molecule has 0 aliphatic carbocycles. The fourth-order valence-corrected chi connectivity index (χ4v) is 2.21. The summed E-state index contributed by atoms with van der Waals surface area (Å²) in [5.41, 5.74) is 0. The molecule has 1 heterocycles. The molecular formula is C6H13N3O3S. The number of piperazine rings is 1. The van der Waals surface area contributed by atoms with Crippen LogP contribution in [-0.2, 0) is 15.0 Å². The summed E-state index contributed by atoms with van der Waals surface area (Å²) in [6.45, 7) is 2.18. The molecule has 0 aromatic carbocycles. The molecule has 0 radical (unpaired) electrons. The van der Waals surface area contributed by atoms with Gasteiger partial charge in [-0.15, -0.1) is 0 Å². The van der Waals surface area contributed by atoms with Crippen LogP contribution in [0.25, 0.3) is 0 Å². The Kier molecular flexibility index (Phi) is 2.60. The number of likely N-dealkylation sites (N-methyl/N-ethyl adjacent to an activating group) is 1. The average Bonchev–Trinajstić information content (AvgIpc) is 1.98. The molecule has 0 bridgehead atoms. The summed E-state index contributed by atoms with van der Waals surface area (Å²) >= 11 is 0. The van der Waals surface area contributed by atoms with Crippen LogP contribution in [0.3, 0.4) is 0 Å². The minimum Gasteiger partial charge on any atom is -0.343 e. The van der Waals surface area contributed by atoms with Crippen LogP contribution >= 0.6 is 0 Å². The number of hydrogen-bond acceptors (Lipinski definition) is 3. The molecule has 2 N–H and O–H groups in total. The maximum absolute atomic E-state index is 11.3. The normalized spacial score (nSPS) is 26.5. The Morgan fingerprint density at radius 2 is 2.00 bits per heavy atom. The Labute approximate surface area is 77.5 Å². The van der Waals surface area contributed by atoms with Crippen molar-refractivity contribution in [2.45, 2.75) is 13.0 Å². The quantitative estimate of drug-likeness (QED) is 0.559. The number of amides is 1. The van der Waals surface area contributed by atoms with Crippen molar-refractivity contribution in [1.82, 2.24) is 9.21 Å². The lowest BCUT2D eigenvalue weighted by molar-refractivity contribution is -0.136. The van der Waals surface area contributed by atoms with Crippen LogP contribution in [0.5, 0.6) is 0 Å². The zero-order valence-electron chi connectivity index (χ0n) is 7.60. The van der Waals surface area contributed by atoms with E-state index in [4.69, 9.17) is 5.14 Å². The van der Waals surface area contributed by atoms with Crippen LogP contribution in [0.2, 0.25) is 0 Å². The van der Waals surface area contributed by atoms with Gasteiger partial charge in [-0.3, -0.25) is 4.79 Å². The van der Waals surface area contributed by atoms with Gasteiger partial charge >= 0.3 is 0 Å². The lowest BCUT2D eigenvalue weighted by atomic mass is 10.2. The molecule has 1 atom stereocenters. The van der Waals surface area contributed by atoms with E-state index in [2.05, 4.69) is 0 Å². The minimum absolute atomic E-state index is 0.222. The van der Waals surface area contributed by atoms with E-state index in [1.807, 2.05) is 0 Å². The average molecular weight is 207 g/mol. The molecule has 1 aliphatic heterocycles. The zero-order valence-corrected chi connectivity index (χ0v) is 8.41. The van der Waals surface area contributed by atoms with E-state index in [9.17, 15) is 13.2 Å². The first kappa shape index (κ1) is 10.4. The van der Waals surface area contributed by atoms with Crippen LogP contribution in [0.4, 0.5) is 0 Å². The second-order valence-electron chi connectivity index (χ2n) is 3.09. The van der Waals surface area contributed by atoms with Crippen molar-refractivity contribution in [1.29, 1.82) is 0 Å². The van der Waals surface area contributed by atoms with E-state index in [0.717, 1.165) is 4.31 Å². The second-order valence-corrected chi connectivity index (χ2v) is 4.59. The van der Waals surface area contributed by atoms with Crippen LogP contribution in [0, 0.1) is 0 Å². The molecular weight excluding hydrogens is 194 g/mol. The van der Waals surface area contributed by atoms with E-state index < -0.39 is 16.3 Å². The molecule has 13 heavy (non-hydrogen) atoms. The summed E-state index contributed by atoms with van der Waals surface area (Å²) in [7, 11) is -2.11. The van der Waals surface area contributed by atoms with Crippen molar-refractivity contribution >= 4 is 16.1 Å². The van der Waals surface area contributed by atoms with Gasteiger partial charge in [0.05, 0.1) is 0 Å². The highest BCUT2D eigenvalue weighted by Crippen LogP contribution is 2.11. The van der Waals surface area contributed by atoms with E-state index in [1.165, 1.54) is 11.8 Å². The molecule has 0 saturated carbocycles. The van der Waals surface area contributed by atoms with Gasteiger partial charge in [0.2, 0.25) is 5.91 Å². The maximum atomic E-state index is 11.3. The van der Waals surface area contributed by atoms with E-state index in [0.29, 0.717) is 6.54 Å². The third-order valence-electron chi connectivity index (χ3n) is 2.15. The number of nitrogens with two attached hydrogens (primary N) is 1. The fourth-order valence-electron chi connectivity index (χ4n) is 1.34. The van der Waals surface area contributed by atoms with Crippen LogP contribution in [-0.4, -0.2) is 49.7 Å². The first-order valence-corrected chi connectivity index (χ1v) is 5.39. The number of hydrogen-bond donors (Lipinski definition) is 1. The topological polar surface area (TPSA) is 83.7 Å². The number of rotatable bonds is 1. The van der Waals surface area contributed by atoms with E-state index >= 15 is 0 Å². The van der Waals surface area contributed by atoms with Crippen molar-refractivity contribution in [2.24, 2.45) is 5.14 Å². The molecule has 1 fully saturated rings. The molecule has 76 valence electrons. The summed E-state index contributed by atoms with van der Waals surface area (Å²) in [4.78, 5) is 12.8. The van der Waals surface area contributed by atoms with Gasteiger partial charge < -0.3 is 4.90 Å². The molecule has 0 spiro atoms. The summed E-state index contributed by atoms with van der Waals surface area (Å²) < 4.78 is 23.0. The van der Waals surface area contributed by atoms with Gasteiger partial charge in [0, 0.05) is 20.1 Å². The lowest BCUT2D eigenvalue weighted by Crippen LogP contribution is -2.57. The molecule has 6 nitrogen and oxygen atoms in total. The first-order valence-electron chi connectivity index (χ1n) is 3.88. The highest BCUT2D eigenvalue weighted by molar-refractivity contribution is 7.86. The monoisotopic (exact) mass is 207 g/mol. The van der Waals surface area contributed by atoms with E-state index in [-0.39, 0.29) is 12.5 Å². The molecule has 7 heteroatoms. The Bertz CT molecular complexity index is 313. The first-order chi connectivity index (χ1) is 5.84. The molecule has 1 saturated heterocycles. The van der Waals surface area contributed by atoms with Crippen molar-refractivity contribution in [3.63, 3.8) is 0 Å². The van der Waals surface area contributed by atoms with Crippen molar-refractivity contribution in [3.05, 3.63) is 0 Å². The Balaban J connectivity index is 2.88. The Morgan fingerprint density at radius 3 is 2.46 bits per heavy atom. The van der Waals surface area contributed by atoms with E-state index in [1.54, 1.807) is 7.05 Å². The summed E-state index contributed by atoms with van der Waals surface area (Å²) in [5, 5.41) is 4.94.